The monoisotopic (exact) mass is 414 g/mol. The molecule has 0 unspecified atom stereocenters. The number of aliphatic hydroxyl groups is 1. The Hall–Kier alpha value is -2.34. The van der Waals surface area contributed by atoms with E-state index in [0.29, 0.717) is 11.6 Å². The van der Waals surface area contributed by atoms with Crippen LogP contribution in [0.1, 0.15) is 0 Å². The van der Waals surface area contributed by atoms with Crippen LogP contribution in [0, 0.1) is 5.82 Å². The number of ether oxygens (including phenoxy) is 1. The summed E-state index contributed by atoms with van der Waals surface area (Å²) in [5.41, 5.74) is 1.03. The van der Waals surface area contributed by atoms with Crippen LogP contribution in [0.15, 0.2) is 60.7 Å². The Labute approximate surface area is 175 Å². The summed E-state index contributed by atoms with van der Waals surface area (Å²) in [6.45, 7) is 4.17. The summed E-state index contributed by atoms with van der Waals surface area (Å²) in [6.07, 6.45) is -0.582. The highest BCUT2D eigenvalue weighted by Crippen LogP contribution is 2.31. The molecule has 0 aromatic heterocycles. The van der Waals surface area contributed by atoms with Gasteiger partial charge in [-0.05, 0) is 36.4 Å². The second kappa shape index (κ2) is 8.99. The molecular weight excluding hydrogens is 391 g/mol. The van der Waals surface area contributed by atoms with E-state index in [9.17, 15) is 9.50 Å². The molecule has 0 aliphatic carbocycles. The SMILES string of the molecule is O[C@H](COc1ccc(Cl)c2ccccc12)CN1CCN(c2ccc(F)cc2)CC1. The Morgan fingerprint density at radius 3 is 2.34 bits per heavy atom. The largest absolute Gasteiger partial charge is 0.490 e. The molecule has 152 valence electrons. The lowest BCUT2D eigenvalue weighted by Crippen LogP contribution is -2.49. The Bertz CT molecular complexity index is 959. The van der Waals surface area contributed by atoms with Crippen molar-refractivity contribution in [2.24, 2.45) is 0 Å². The molecule has 1 saturated heterocycles. The minimum Gasteiger partial charge on any atom is -0.490 e. The molecular formula is C23H24ClFN2O2. The third kappa shape index (κ3) is 4.81. The predicted molar refractivity (Wildman–Crippen MR) is 116 cm³/mol. The van der Waals surface area contributed by atoms with Crippen LogP contribution in [0.3, 0.4) is 0 Å². The number of hydrogen-bond donors (Lipinski definition) is 1. The molecule has 3 aromatic rings. The Morgan fingerprint density at radius 2 is 1.62 bits per heavy atom. The van der Waals surface area contributed by atoms with Gasteiger partial charge in [0.25, 0.3) is 0 Å². The van der Waals surface area contributed by atoms with Crippen molar-refractivity contribution in [2.75, 3.05) is 44.2 Å². The second-order valence-electron chi connectivity index (χ2n) is 7.32. The van der Waals surface area contributed by atoms with Gasteiger partial charge in [0.1, 0.15) is 24.3 Å². The number of halogens is 2. The van der Waals surface area contributed by atoms with E-state index in [0.717, 1.165) is 48.4 Å². The molecule has 1 heterocycles. The van der Waals surface area contributed by atoms with Crippen molar-refractivity contribution in [1.29, 1.82) is 0 Å². The van der Waals surface area contributed by atoms with Gasteiger partial charge in [-0.2, -0.15) is 0 Å². The normalized spacial score (nSPS) is 16.2. The third-order valence-electron chi connectivity index (χ3n) is 5.30. The van der Waals surface area contributed by atoms with Crippen molar-refractivity contribution in [1.82, 2.24) is 4.90 Å². The standard InChI is InChI=1S/C23H24ClFN2O2/c24-22-9-10-23(21-4-2-1-3-20(21)22)29-16-19(28)15-26-11-13-27(14-12-26)18-7-5-17(25)6-8-18/h1-10,19,28H,11-16H2/t19-/m0/s1. The van der Waals surface area contributed by atoms with Gasteiger partial charge in [-0.1, -0.05) is 35.9 Å². The summed E-state index contributed by atoms with van der Waals surface area (Å²) in [5.74, 6) is 0.508. The van der Waals surface area contributed by atoms with Crippen molar-refractivity contribution in [3.05, 3.63) is 71.5 Å². The van der Waals surface area contributed by atoms with Gasteiger partial charge in [-0.15, -0.1) is 0 Å². The number of β-amino-alcohol motifs (C(OH)–C–C–N with tert-alkyl or cyclic N) is 1. The van der Waals surface area contributed by atoms with Crippen LogP contribution in [0.25, 0.3) is 10.8 Å². The molecule has 29 heavy (non-hydrogen) atoms. The van der Waals surface area contributed by atoms with E-state index in [1.807, 2.05) is 48.5 Å². The molecule has 4 nitrogen and oxygen atoms in total. The summed E-state index contributed by atoms with van der Waals surface area (Å²) in [5, 5.41) is 13.0. The molecule has 0 spiro atoms. The first-order valence-electron chi connectivity index (χ1n) is 9.81. The number of fused-ring (bicyclic) bond motifs is 1. The van der Waals surface area contributed by atoms with Crippen molar-refractivity contribution in [3.8, 4) is 5.75 Å². The molecule has 0 saturated carbocycles. The molecule has 1 fully saturated rings. The van der Waals surface area contributed by atoms with Crippen molar-refractivity contribution in [2.45, 2.75) is 6.10 Å². The van der Waals surface area contributed by atoms with Crippen LogP contribution in [-0.4, -0.2) is 55.4 Å². The van der Waals surface area contributed by atoms with Gasteiger partial charge in [0.05, 0.1) is 0 Å². The number of hydrogen-bond acceptors (Lipinski definition) is 4. The van der Waals surface area contributed by atoms with Crippen molar-refractivity contribution >= 4 is 28.1 Å². The van der Waals surface area contributed by atoms with Crippen LogP contribution in [0.5, 0.6) is 5.75 Å². The number of piperazine rings is 1. The number of aliphatic hydroxyl groups excluding tert-OH is 1. The van der Waals surface area contributed by atoms with Gasteiger partial charge in [0.15, 0.2) is 0 Å². The maximum atomic E-state index is 13.1. The second-order valence-corrected chi connectivity index (χ2v) is 7.73. The fraction of sp³-hybridized carbons (Fsp3) is 0.304. The number of nitrogens with zero attached hydrogens (tertiary/aromatic N) is 2. The molecule has 3 aromatic carbocycles. The van der Waals surface area contributed by atoms with E-state index in [1.165, 1.54) is 12.1 Å². The molecule has 0 radical (unpaired) electrons. The minimum absolute atomic E-state index is 0.219. The van der Waals surface area contributed by atoms with Gasteiger partial charge in [0.2, 0.25) is 0 Å². The first-order chi connectivity index (χ1) is 14.1. The third-order valence-corrected chi connectivity index (χ3v) is 5.62. The highest BCUT2D eigenvalue weighted by atomic mass is 35.5. The average Bonchev–Trinajstić information content (AvgIpc) is 2.75. The lowest BCUT2D eigenvalue weighted by Gasteiger charge is -2.36. The van der Waals surface area contributed by atoms with Crippen LogP contribution in [0.4, 0.5) is 10.1 Å². The first-order valence-corrected chi connectivity index (χ1v) is 10.2. The van der Waals surface area contributed by atoms with E-state index < -0.39 is 6.10 Å². The lowest BCUT2D eigenvalue weighted by atomic mass is 10.1. The van der Waals surface area contributed by atoms with Gasteiger partial charge < -0.3 is 14.7 Å². The Kier molecular flexibility index (Phi) is 6.19. The lowest BCUT2D eigenvalue weighted by molar-refractivity contribution is 0.0668. The molecule has 1 N–H and O–H groups in total. The summed E-state index contributed by atoms with van der Waals surface area (Å²) in [4.78, 5) is 4.46. The minimum atomic E-state index is -0.582. The first kappa shape index (κ1) is 20.0. The summed E-state index contributed by atoms with van der Waals surface area (Å²) in [6, 6.07) is 18.1. The Balaban J connectivity index is 1.28. The molecule has 1 aliphatic heterocycles. The molecule has 1 aliphatic rings. The summed E-state index contributed by atoms with van der Waals surface area (Å²) in [7, 11) is 0. The van der Waals surface area contributed by atoms with E-state index in [1.54, 1.807) is 0 Å². The zero-order chi connectivity index (χ0) is 20.2. The average molecular weight is 415 g/mol. The van der Waals surface area contributed by atoms with Crippen LogP contribution >= 0.6 is 11.6 Å². The van der Waals surface area contributed by atoms with Crippen LogP contribution in [0.2, 0.25) is 5.02 Å². The fourth-order valence-electron chi connectivity index (χ4n) is 3.74. The smallest absolute Gasteiger partial charge is 0.127 e. The molecule has 0 amide bonds. The Morgan fingerprint density at radius 1 is 0.931 bits per heavy atom. The van der Waals surface area contributed by atoms with Crippen LogP contribution < -0.4 is 9.64 Å². The molecule has 4 rings (SSSR count). The zero-order valence-corrected chi connectivity index (χ0v) is 16.9. The molecule has 0 bridgehead atoms. The maximum absolute atomic E-state index is 13.1. The van der Waals surface area contributed by atoms with E-state index in [4.69, 9.17) is 16.3 Å². The van der Waals surface area contributed by atoms with E-state index in [-0.39, 0.29) is 12.4 Å². The quantitative estimate of drug-likeness (QED) is 0.656. The molecule has 6 heteroatoms. The highest BCUT2D eigenvalue weighted by Gasteiger charge is 2.20. The predicted octanol–water partition coefficient (Wildman–Crippen LogP) is 4.19. The maximum Gasteiger partial charge on any atom is 0.127 e. The van der Waals surface area contributed by atoms with Gasteiger partial charge >= 0.3 is 0 Å². The number of benzene rings is 3. The van der Waals surface area contributed by atoms with E-state index >= 15 is 0 Å². The van der Waals surface area contributed by atoms with E-state index in [2.05, 4.69) is 9.80 Å². The van der Waals surface area contributed by atoms with Crippen molar-refractivity contribution < 1.29 is 14.2 Å². The summed E-state index contributed by atoms with van der Waals surface area (Å²) < 4.78 is 19.0. The number of rotatable bonds is 6. The fourth-order valence-corrected chi connectivity index (χ4v) is 3.97. The number of anilines is 1. The van der Waals surface area contributed by atoms with Crippen molar-refractivity contribution in [3.63, 3.8) is 0 Å². The highest BCUT2D eigenvalue weighted by molar-refractivity contribution is 6.35. The van der Waals surface area contributed by atoms with Crippen LogP contribution in [-0.2, 0) is 0 Å². The van der Waals surface area contributed by atoms with Gasteiger partial charge in [-0.25, -0.2) is 4.39 Å². The zero-order valence-electron chi connectivity index (χ0n) is 16.1. The molecule has 1 atom stereocenters. The topological polar surface area (TPSA) is 35.9 Å². The van der Waals surface area contributed by atoms with Gasteiger partial charge in [0, 0.05) is 54.2 Å². The van der Waals surface area contributed by atoms with Gasteiger partial charge in [-0.3, -0.25) is 4.90 Å². The summed E-state index contributed by atoms with van der Waals surface area (Å²) >= 11 is 6.25.